The Kier molecular flexibility index (Phi) is 6.28. The molecule has 1 atom stereocenters. The standard InChI is InChI=1S/C19H25NO2/c1-3-21-18-5-4-6-19(13-18)22-12-11-17(14-20)16-9-7-15(2)8-10-16/h4-10,13,17H,3,11-12,14,20H2,1-2H3. The minimum Gasteiger partial charge on any atom is -0.494 e. The SMILES string of the molecule is CCOc1cccc(OCCC(CN)c2ccc(C)cc2)c1. The maximum atomic E-state index is 5.91. The molecule has 0 aliphatic carbocycles. The van der Waals surface area contributed by atoms with Gasteiger partial charge in [0.25, 0.3) is 0 Å². The minimum atomic E-state index is 0.329. The van der Waals surface area contributed by atoms with E-state index in [1.165, 1.54) is 11.1 Å². The summed E-state index contributed by atoms with van der Waals surface area (Å²) in [7, 11) is 0. The monoisotopic (exact) mass is 299 g/mol. The zero-order valence-corrected chi connectivity index (χ0v) is 13.4. The van der Waals surface area contributed by atoms with E-state index < -0.39 is 0 Å². The Balaban J connectivity index is 1.88. The number of ether oxygens (including phenoxy) is 2. The van der Waals surface area contributed by atoms with Crippen LogP contribution in [0.5, 0.6) is 11.5 Å². The normalized spacial score (nSPS) is 12.0. The molecule has 1 unspecified atom stereocenters. The Labute approximate surface area is 133 Å². The molecule has 0 saturated carbocycles. The first-order valence-electron chi connectivity index (χ1n) is 7.85. The Morgan fingerprint density at radius 1 is 1.00 bits per heavy atom. The van der Waals surface area contributed by atoms with Gasteiger partial charge in [0, 0.05) is 6.07 Å². The van der Waals surface area contributed by atoms with Crippen molar-refractivity contribution >= 4 is 0 Å². The quantitative estimate of drug-likeness (QED) is 0.804. The maximum absolute atomic E-state index is 5.91. The molecule has 0 fully saturated rings. The highest BCUT2D eigenvalue weighted by molar-refractivity contribution is 5.33. The average Bonchev–Trinajstić information content (AvgIpc) is 2.53. The summed E-state index contributed by atoms with van der Waals surface area (Å²) in [5, 5.41) is 0. The summed E-state index contributed by atoms with van der Waals surface area (Å²) < 4.78 is 11.3. The molecule has 0 saturated heterocycles. The van der Waals surface area contributed by atoms with Crippen LogP contribution in [0.15, 0.2) is 48.5 Å². The highest BCUT2D eigenvalue weighted by atomic mass is 16.5. The lowest BCUT2D eigenvalue weighted by Gasteiger charge is -2.16. The molecule has 0 amide bonds. The lowest BCUT2D eigenvalue weighted by molar-refractivity contribution is 0.293. The van der Waals surface area contributed by atoms with Crippen molar-refractivity contribution in [3.63, 3.8) is 0 Å². The van der Waals surface area contributed by atoms with E-state index in [1.807, 2.05) is 31.2 Å². The molecule has 0 radical (unpaired) electrons. The number of hydrogen-bond donors (Lipinski definition) is 1. The molecule has 0 bridgehead atoms. The van der Waals surface area contributed by atoms with Gasteiger partial charge in [0.15, 0.2) is 0 Å². The van der Waals surface area contributed by atoms with Crippen molar-refractivity contribution in [1.29, 1.82) is 0 Å². The fraction of sp³-hybridized carbons (Fsp3) is 0.368. The van der Waals surface area contributed by atoms with Crippen LogP contribution in [-0.2, 0) is 0 Å². The predicted molar refractivity (Wildman–Crippen MR) is 90.7 cm³/mol. The summed E-state index contributed by atoms with van der Waals surface area (Å²) in [4.78, 5) is 0. The van der Waals surface area contributed by atoms with Crippen molar-refractivity contribution in [3.05, 3.63) is 59.7 Å². The number of benzene rings is 2. The molecule has 0 aliphatic rings. The minimum absolute atomic E-state index is 0.329. The van der Waals surface area contributed by atoms with Crippen LogP contribution < -0.4 is 15.2 Å². The molecular weight excluding hydrogens is 274 g/mol. The van der Waals surface area contributed by atoms with Crippen LogP contribution in [0.3, 0.4) is 0 Å². The first-order valence-corrected chi connectivity index (χ1v) is 7.85. The van der Waals surface area contributed by atoms with Crippen molar-refractivity contribution in [2.45, 2.75) is 26.2 Å². The van der Waals surface area contributed by atoms with Gasteiger partial charge in [-0.25, -0.2) is 0 Å². The number of aryl methyl sites for hydroxylation is 1. The molecule has 2 aromatic rings. The Bertz CT molecular complexity index is 566. The van der Waals surface area contributed by atoms with E-state index in [0.29, 0.717) is 25.7 Å². The van der Waals surface area contributed by atoms with E-state index in [0.717, 1.165) is 17.9 Å². The lowest BCUT2D eigenvalue weighted by Crippen LogP contribution is -2.15. The van der Waals surface area contributed by atoms with Crippen molar-refractivity contribution in [1.82, 2.24) is 0 Å². The van der Waals surface area contributed by atoms with Crippen LogP contribution in [0.4, 0.5) is 0 Å². The van der Waals surface area contributed by atoms with Gasteiger partial charge in [-0.05, 0) is 50.4 Å². The Hall–Kier alpha value is -2.00. The van der Waals surface area contributed by atoms with E-state index in [4.69, 9.17) is 15.2 Å². The molecule has 2 aromatic carbocycles. The number of rotatable bonds is 8. The van der Waals surface area contributed by atoms with Crippen molar-refractivity contribution < 1.29 is 9.47 Å². The summed E-state index contributed by atoms with van der Waals surface area (Å²) in [6.07, 6.45) is 0.901. The van der Waals surface area contributed by atoms with Gasteiger partial charge in [-0.15, -0.1) is 0 Å². The Morgan fingerprint density at radius 3 is 2.32 bits per heavy atom. The summed E-state index contributed by atoms with van der Waals surface area (Å²) in [5.41, 5.74) is 8.46. The molecule has 2 rings (SSSR count). The molecule has 2 N–H and O–H groups in total. The van der Waals surface area contributed by atoms with Crippen molar-refractivity contribution in [2.24, 2.45) is 5.73 Å². The van der Waals surface area contributed by atoms with Crippen LogP contribution in [0, 0.1) is 6.92 Å². The molecule has 0 aliphatic heterocycles. The number of nitrogens with two attached hydrogens (primary N) is 1. The van der Waals surface area contributed by atoms with Gasteiger partial charge >= 0.3 is 0 Å². The van der Waals surface area contributed by atoms with E-state index in [9.17, 15) is 0 Å². The van der Waals surface area contributed by atoms with E-state index in [1.54, 1.807) is 0 Å². The second-order valence-corrected chi connectivity index (χ2v) is 5.39. The molecular formula is C19H25NO2. The van der Waals surface area contributed by atoms with Gasteiger partial charge in [0.05, 0.1) is 13.2 Å². The molecule has 0 aromatic heterocycles. The highest BCUT2D eigenvalue weighted by Gasteiger charge is 2.10. The third kappa shape index (κ3) is 4.78. The Morgan fingerprint density at radius 2 is 1.68 bits per heavy atom. The van der Waals surface area contributed by atoms with Crippen molar-refractivity contribution in [3.8, 4) is 11.5 Å². The summed E-state index contributed by atoms with van der Waals surface area (Å²) >= 11 is 0. The van der Waals surface area contributed by atoms with Gasteiger partial charge in [-0.1, -0.05) is 35.9 Å². The second kappa shape index (κ2) is 8.44. The summed E-state index contributed by atoms with van der Waals surface area (Å²) in [6.45, 7) is 6.00. The van der Waals surface area contributed by atoms with Crippen LogP contribution in [0.2, 0.25) is 0 Å². The first-order chi connectivity index (χ1) is 10.7. The number of hydrogen-bond acceptors (Lipinski definition) is 3. The van der Waals surface area contributed by atoms with Crippen LogP contribution >= 0.6 is 0 Å². The largest absolute Gasteiger partial charge is 0.494 e. The van der Waals surface area contributed by atoms with Crippen LogP contribution in [0.1, 0.15) is 30.4 Å². The van der Waals surface area contributed by atoms with Crippen LogP contribution in [0.25, 0.3) is 0 Å². The third-order valence-electron chi connectivity index (χ3n) is 3.68. The zero-order valence-electron chi connectivity index (χ0n) is 13.4. The van der Waals surface area contributed by atoms with Gasteiger partial charge in [-0.3, -0.25) is 0 Å². The zero-order chi connectivity index (χ0) is 15.8. The van der Waals surface area contributed by atoms with E-state index >= 15 is 0 Å². The highest BCUT2D eigenvalue weighted by Crippen LogP contribution is 2.22. The fourth-order valence-corrected chi connectivity index (χ4v) is 2.40. The molecule has 3 nitrogen and oxygen atoms in total. The maximum Gasteiger partial charge on any atom is 0.122 e. The lowest BCUT2D eigenvalue weighted by atomic mass is 9.95. The topological polar surface area (TPSA) is 44.5 Å². The summed E-state index contributed by atoms with van der Waals surface area (Å²) in [5.74, 6) is 2.01. The van der Waals surface area contributed by atoms with E-state index in [-0.39, 0.29) is 0 Å². The summed E-state index contributed by atoms with van der Waals surface area (Å²) in [6, 6.07) is 16.3. The average molecular weight is 299 g/mol. The smallest absolute Gasteiger partial charge is 0.122 e. The predicted octanol–water partition coefficient (Wildman–Crippen LogP) is 3.91. The second-order valence-electron chi connectivity index (χ2n) is 5.39. The molecule has 22 heavy (non-hydrogen) atoms. The third-order valence-corrected chi connectivity index (χ3v) is 3.68. The molecule has 0 spiro atoms. The van der Waals surface area contributed by atoms with Gasteiger partial charge < -0.3 is 15.2 Å². The van der Waals surface area contributed by atoms with Crippen LogP contribution in [-0.4, -0.2) is 19.8 Å². The van der Waals surface area contributed by atoms with Gasteiger partial charge in [0.1, 0.15) is 11.5 Å². The van der Waals surface area contributed by atoms with Gasteiger partial charge in [0.2, 0.25) is 0 Å². The van der Waals surface area contributed by atoms with Crippen molar-refractivity contribution in [2.75, 3.05) is 19.8 Å². The first kappa shape index (κ1) is 16.4. The van der Waals surface area contributed by atoms with Gasteiger partial charge in [-0.2, -0.15) is 0 Å². The molecule has 118 valence electrons. The fourth-order valence-electron chi connectivity index (χ4n) is 2.40. The molecule has 0 heterocycles. The van der Waals surface area contributed by atoms with E-state index in [2.05, 4.69) is 31.2 Å². The molecule has 3 heteroatoms.